The minimum Gasteiger partial charge on any atom is -0.479 e. The van der Waals surface area contributed by atoms with Crippen LogP contribution in [0.5, 0.6) is 0 Å². The van der Waals surface area contributed by atoms with Gasteiger partial charge < -0.3 is 10.0 Å². The second kappa shape index (κ2) is 4.94. The molecule has 0 saturated carbocycles. The van der Waals surface area contributed by atoms with Crippen molar-refractivity contribution in [3.8, 4) is 6.07 Å². The SMILES string of the molecule is N#Cc1ccc(N2CCc3sccc3C2C(=O)O)nc1. The van der Waals surface area contributed by atoms with E-state index in [9.17, 15) is 9.90 Å². The van der Waals surface area contributed by atoms with Gasteiger partial charge in [-0.05, 0) is 35.6 Å². The van der Waals surface area contributed by atoms with Gasteiger partial charge in [0.1, 0.15) is 11.9 Å². The summed E-state index contributed by atoms with van der Waals surface area (Å²) in [4.78, 5) is 18.7. The average Bonchev–Trinajstić information content (AvgIpc) is 2.94. The first-order chi connectivity index (χ1) is 9.70. The molecule has 2 aromatic heterocycles. The predicted molar refractivity (Wildman–Crippen MR) is 74.7 cm³/mol. The Balaban J connectivity index is 2.00. The number of aliphatic carboxylic acids is 1. The molecule has 1 N–H and O–H groups in total. The summed E-state index contributed by atoms with van der Waals surface area (Å²) < 4.78 is 0. The summed E-state index contributed by atoms with van der Waals surface area (Å²) in [7, 11) is 0. The molecule has 0 spiro atoms. The Kier molecular flexibility index (Phi) is 3.12. The van der Waals surface area contributed by atoms with Crippen LogP contribution >= 0.6 is 11.3 Å². The molecule has 1 aliphatic heterocycles. The third kappa shape index (κ3) is 2.02. The summed E-state index contributed by atoms with van der Waals surface area (Å²) in [5.74, 6) is -0.288. The lowest BCUT2D eigenvalue weighted by molar-refractivity contribution is -0.138. The van der Waals surface area contributed by atoms with Crippen molar-refractivity contribution in [3.63, 3.8) is 0 Å². The van der Waals surface area contributed by atoms with Crippen LogP contribution in [-0.4, -0.2) is 22.6 Å². The summed E-state index contributed by atoms with van der Waals surface area (Å²) in [6, 6.07) is 6.53. The van der Waals surface area contributed by atoms with Crippen molar-refractivity contribution in [1.82, 2.24) is 4.98 Å². The van der Waals surface area contributed by atoms with Gasteiger partial charge in [-0.15, -0.1) is 11.3 Å². The Labute approximate surface area is 119 Å². The highest BCUT2D eigenvalue weighted by atomic mass is 32.1. The number of hydrogen-bond donors (Lipinski definition) is 1. The molecule has 1 atom stereocenters. The number of thiophene rings is 1. The monoisotopic (exact) mass is 285 g/mol. The van der Waals surface area contributed by atoms with Gasteiger partial charge in [0.15, 0.2) is 6.04 Å². The minimum absolute atomic E-state index is 0.467. The zero-order valence-corrected chi connectivity index (χ0v) is 11.3. The number of pyridine rings is 1. The molecular formula is C14H11N3O2S. The van der Waals surface area contributed by atoms with Crippen LogP contribution in [0, 0.1) is 11.3 Å². The molecule has 100 valence electrons. The molecule has 0 radical (unpaired) electrons. The predicted octanol–water partition coefficient (Wildman–Crippen LogP) is 2.20. The van der Waals surface area contributed by atoms with E-state index in [0.29, 0.717) is 17.9 Å². The average molecular weight is 285 g/mol. The van der Waals surface area contributed by atoms with E-state index in [1.54, 1.807) is 28.4 Å². The van der Waals surface area contributed by atoms with Gasteiger partial charge in [-0.3, -0.25) is 0 Å². The first-order valence-electron chi connectivity index (χ1n) is 6.12. The number of nitriles is 1. The summed E-state index contributed by atoms with van der Waals surface area (Å²) >= 11 is 1.60. The van der Waals surface area contributed by atoms with Gasteiger partial charge in [0.25, 0.3) is 0 Å². The van der Waals surface area contributed by atoms with Crippen LogP contribution in [0.3, 0.4) is 0 Å². The van der Waals surface area contributed by atoms with Gasteiger partial charge >= 0.3 is 5.97 Å². The number of nitrogens with zero attached hydrogens (tertiary/aromatic N) is 3. The Hall–Kier alpha value is -2.39. The van der Waals surface area contributed by atoms with E-state index >= 15 is 0 Å². The molecule has 1 unspecified atom stereocenters. The summed E-state index contributed by atoms with van der Waals surface area (Å²) in [6.45, 7) is 0.614. The largest absolute Gasteiger partial charge is 0.479 e. The van der Waals surface area contributed by atoms with Crippen molar-refractivity contribution in [2.75, 3.05) is 11.4 Å². The Morgan fingerprint density at radius 2 is 2.35 bits per heavy atom. The van der Waals surface area contributed by atoms with Gasteiger partial charge in [0.05, 0.1) is 5.56 Å². The second-order valence-electron chi connectivity index (χ2n) is 4.50. The van der Waals surface area contributed by atoms with E-state index < -0.39 is 12.0 Å². The van der Waals surface area contributed by atoms with Crippen molar-refractivity contribution < 1.29 is 9.90 Å². The molecule has 5 nitrogen and oxygen atoms in total. The molecule has 0 aromatic carbocycles. The van der Waals surface area contributed by atoms with Crippen LogP contribution in [0.2, 0.25) is 0 Å². The van der Waals surface area contributed by atoms with E-state index in [1.807, 2.05) is 17.5 Å². The Morgan fingerprint density at radius 1 is 1.50 bits per heavy atom. The zero-order chi connectivity index (χ0) is 14.1. The summed E-state index contributed by atoms with van der Waals surface area (Å²) in [6.07, 6.45) is 2.29. The zero-order valence-electron chi connectivity index (χ0n) is 10.5. The van der Waals surface area contributed by atoms with Crippen LogP contribution in [0.15, 0.2) is 29.8 Å². The first kappa shape index (κ1) is 12.6. The van der Waals surface area contributed by atoms with Crippen LogP contribution in [-0.2, 0) is 11.2 Å². The van der Waals surface area contributed by atoms with Gasteiger partial charge in [-0.25, -0.2) is 9.78 Å². The number of hydrogen-bond acceptors (Lipinski definition) is 5. The van der Waals surface area contributed by atoms with Crippen molar-refractivity contribution >= 4 is 23.1 Å². The molecule has 0 fully saturated rings. The maximum Gasteiger partial charge on any atom is 0.331 e. The highest BCUT2D eigenvalue weighted by Crippen LogP contribution is 2.35. The molecule has 0 bridgehead atoms. The van der Waals surface area contributed by atoms with E-state index in [0.717, 1.165) is 16.9 Å². The molecule has 20 heavy (non-hydrogen) atoms. The van der Waals surface area contributed by atoms with E-state index in [-0.39, 0.29) is 0 Å². The molecule has 0 amide bonds. The van der Waals surface area contributed by atoms with Gasteiger partial charge in [-0.1, -0.05) is 0 Å². The fourth-order valence-corrected chi connectivity index (χ4v) is 3.36. The van der Waals surface area contributed by atoms with Gasteiger partial charge in [0, 0.05) is 17.6 Å². The number of carboxylic acid groups (broad SMARTS) is 1. The quantitative estimate of drug-likeness (QED) is 0.915. The van der Waals surface area contributed by atoms with Crippen LogP contribution in [0.25, 0.3) is 0 Å². The van der Waals surface area contributed by atoms with E-state index in [2.05, 4.69) is 4.98 Å². The van der Waals surface area contributed by atoms with Crippen molar-refractivity contribution in [2.24, 2.45) is 0 Å². The van der Waals surface area contributed by atoms with Crippen LogP contribution < -0.4 is 4.90 Å². The van der Waals surface area contributed by atoms with Crippen LogP contribution in [0.1, 0.15) is 22.0 Å². The van der Waals surface area contributed by atoms with Crippen molar-refractivity contribution in [3.05, 3.63) is 45.8 Å². The van der Waals surface area contributed by atoms with Crippen molar-refractivity contribution in [2.45, 2.75) is 12.5 Å². The molecule has 6 heteroatoms. The van der Waals surface area contributed by atoms with Gasteiger partial charge in [-0.2, -0.15) is 5.26 Å². The highest BCUT2D eigenvalue weighted by molar-refractivity contribution is 7.10. The number of anilines is 1. The summed E-state index contributed by atoms with van der Waals surface area (Å²) in [5.41, 5.74) is 1.31. The maximum atomic E-state index is 11.6. The number of aromatic nitrogens is 1. The minimum atomic E-state index is -0.879. The first-order valence-corrected chi connectivity index (χ1v) is 7.00. The Morgan fingerprint density at radius 3 is 3.00 bits per heavy atom. The number of fused-ring (bicyclic) bond motifs is 1. The second-order valence-corrected chi connectivity index (χ2v) is 5.50. The normalized spacial score (nSPS) is 17.4. The van der Waals surface area contributed by atoms with E-state index in [4.69, 9.17) is 5.26 Å². The lowest BCUT2D eigenvalue weighted by Gasteiger charge is -2.34. The lowest BCUT2D eigenvalue weighted by atomic mass is 10.00. The molecule has 3 rings (SSSR count). The molecule has 3 heterocycles. The summed E-state index contributed by atoms with van der Waals surface area (Å²) in [5, 5.41) is 20.2. The van der Waals surface area contributed by atoms with Crippen LogP contribution in [0.4, 0.5) is 5.82 Å². The molecule has 0 aliphatic carbocycles. The molecule has 1 aliphatic rings. The fraction of sp³-hybridized carbons (Fsp3) is 0.214. The lowest BCUT2D eigenvalue weighted by Crippen LogP contribution is -2.39. The van der Waals surface area contributed by atoms with Gasteiger partial charge in [0.2, 0.25) is 0 Å². The third-order valence-electron chi connectivity index (χ3n) is 3.37. The highest BCUT2D eigenvalue weighted by Gasteiger charge is 2.34. The number of carboxylic acids is 1. The topological polar surface area (TPSA) is 77.2 Å². The smallest absolute Gasteiger partial charge is 0.331 e. The molecule has 0 saturated heterocycles. The Bertz CT molecular complexity index is 687. The third-order valence-corrected chi connectivity index (χ3v) is 4.37. The molecule has 2 aromatic rings. The molecular weight excluding hydrogens is 274 g/mol. The van der Waals surface area contributed by atoms with E-state index in [1.165, 1.54) is 6.20 Å². The number of carbonyl (C=O) groups is 1. The maximum absolute atomic E-state index is 11.6. The standard InChI is InChI=1S/C14H11N3O2S/c15-7-9-1-2-12(16-8-9)17-5-3-11-10(4-6-20-11)13(17)14(18)19/h1-2,4,6,8,13H,3,5H2,(H,18,19). The van der Waals surface area contributed by atoms with Crippen molar-refractivity contribution in [1.29, 1.82) is 5.26 Å². The fourth-order valence-electron chi connectivity index (χ4n) is 2.45. The number of rotatable bonds is 2.